The standard InChI is InChI=1S/C16H16O8/c1-22-10-5-2-9(3-6-10)4-7-12(18)23-8-11(17)15-13(19)14(20)16(21)24-15/h2-7,11,15,17,19-20H,8H2,1H3/b7-4+. The Morgan fingerprint density at radius 2 is 2.00 bits per heavy atom. The van der Waals surface area contributed by atoms with Crippen molar-refractivity contribution in [3.63, 3.8) is 0 Å². The lowest BCUT2D eigenvalue weighted by atomic mass is 10.2. The van der Waals surface area contributed by atoms with E-state index >= 15 is 0 Å². The molecule has 1 aromatic rings. The van der Waals surface area contributed by atoms with Gasteiger partial charge in [-0.15, -0.1) is 0 Å². The first-order valence-corrected chi connectivity index (χ1v) is 6.92. The molecule has 0 fully saturated rings. The number of hydrogen-bond acceptors (Lipinski definition) is 8. The van der Waals surface area contributed by atoms with E-state index in [1.807, 2.05) is 0 Å². The molecule has 1 aliphatic rings. The van der Waals surface area contributed by atoms with E-state index in [1.54, 1.807) is 31.4 Å². The molecule has 2 atom stereocenters. The maximum atomic E-state index is 11.6. The zero-order chi connectivity index (χ0) is 17.7. The molecule has 2 rings (SSSR count). The van der Waals surface area contributed by atoms with Crippen molar-refractivity contribution in [2.75, 3.05) is 13.7 Å². The van der Waals surface area contributed by atoms with Gasteiger partial charge in [0, 0.05) is 6.08 Å². The lowest BCUT2D eigenvalue weighted by Crippen LogP contribution is -2.33. The largest absolute Gasteiger partial charge is 0.505 e. The highest BCUT2D eigenvalue weighted by Gasteiger charge is 2.39. The topological polar surface area (TPSA) is 123 Å². The van der Waals surface area contributed by atoms with Crippen molar-refractivity contribution >= 4 is 18.0 Å². The average Bonchev–Trinajstić information content (AvgIpc) is 2.85. The van der Waals surface area contributed by atoms with Crippen LogP contribution in [0.3, 0.4) is 0 Å². The molecule has 1 aliphatic heterocycles. The molecule has 24 heavy (non-hydrogen) atoms. The van der Waals surface area contributed by atoms with Crippen LogP contribution in [0.25, 0.3) is 6.08 Å². The number of methoxy groups -OCH3 is 1. The number of aliphatic hydroxyl groups excluding tert-OH is 3. The first-order chi connectivity index (χ1) is 11.4. The summed E-state index contributed by atoms with van der Waals surface area (Å²) in [6.45, 7) is -0.527. The monoisotopic (exact) mass is 336 g/mol. The number of esters is 2. The fourth-order valence-electron chi connectivity index (χ4n) is 1.91. The van der Waals surface area contributed by atoms with Gasteiger partial charge in [0.25, 0.3) is 0 Å². The number of aliphatic hydroxyl groups is 3. The van der Waals surface area contributed by atoms with Crippen molar-refractivity contribution in [1.29, 1.82) is 0 Å². The van der Waals surface area contributed by atoms with Crippen LogP contribution in [0, 0.1) is 0 Å². The van der Waals surface area contributed by atoms with Gasteiger partial charge >= 0.3 is 11.9 Å². The maximum Gasteiger partial charge on any atom is 0.377 e. The lowest BCUT2D eigenvalue weighted by Gasteiger charge is -2.16. The Labute approximate surface area is 137 Å². The van der Waals surface area contributed by atoms with Gasteiger partial charge in [-0.1, -0.05) is 12.1 Å². The quantitative estimate of drug-likeness (QED) is 0.516. The van der Waals surface area contributed by atoms with Gasteiger partial charge in [0.1, 0.15) is 18.5 Å². The van der Waals surface area contributed by atoms with Gasteiger partial charge in [-0.05, 0) is 23.8 Å². The van der Waals surface area contributed by atoms with E-state index in [0.29, 0.717) is 5.75 Å². The van der Waals surface area contributed by atoms with Gasteiger partial charge in [-0.2, -0.15) is 0 Å². The van der Waals surface area contributed by atoms with E-state index in [2.05, 4.69) is 4.74 Å². The van der Waals surface area contributed by atoms with Crippen molar-refractivity contribution in [1.82, 2.24) is 0 Å². The van der Waals surface area contributed by atoms with Gasteiger partial charge in [0.15, 0.2) is 11.9 Å². The second-order valence-corrected chi connectivity index (χ2v) is 4.86. The third-order valence-electron chi connectivity index (χ3n) is 3.21. The molecule has 2 unspecified atom stereocenters. The third kappa shape index (κ3) is 4.05. The molecule has 8 nitrogen and oxygen atoms in total. The Bertz CT molecular complexity index is 674. The van der Waals surface area contributed by atoms with Crippen LogP contribution in [0.2, 0.25) is 0 Å². The van der Waals surface area contributed by atoms with E-state index in [1.165, 1.54) is 6.08 Å². The Balaban J connectivity index is 1.84. The van der Waals surface area contributed by atoms with Crippen LogP contribution in [0.5, 0.6) is 5.75 Å². The van der Waals surface area contributed by atoms with Gasteiger partial charge in [-0.3, -0.25) is 0 Å². The molecule has 0 amide bonds. The number of benzene rings is 1. The van der Waals surface area contributed by atoms with Gasteiger partial charge in [0.2, 0.25) is 5.76 Å². The highest BCUT2D eigenvalue weighted by Crippen LogP contribution is 2.21. The number of rotatable bonds is 6. The third-order valence-corrected chi connectivity index (χ3v) is 3.21. The summed E-state index contributed by atoms with van der Waals surface area (Å²) in [4.78, 5) is 22.6. The molecule has 0 saturated carbocycles. The molecular formula is C16H16O8. The molecule has 0 radical (unpaired) electrons. The molecular weight excluding hydrogens is 320 g/mol. The average molecular weight is 336 g/mol. The van der Waals surface area contributed by atoms with Crippen LogP contribution in [0.1, 0.15) is 5.56 Å². The first-order valence-electron chi connectivity index (χ1n) is 6.92. The lowest BCUT2D eigenvalue weighted by molar-refractivity contribution is -0.151. The zero-order valence-electron chi connectivity index (χ0n) is 12.7. The second-order valence-electron chi connectivity index (χ2n) is 4.86. The molecule has 1 heterocycles. The highest BCUT2D eigenvalue weighted by molar-refractivity contribution is 5.89. The Hall–Kier alpha value is -3.00. The molecule has 0 aliphatic carbocycles. The number of hydrogen-bond donors (Lipinski definition) is 3. The van der Waals surface area contributed by atoms with E-state index in [9.17, 15) is 19.8 Å². The SMILES string of the molecule is COc1ccc(/C=C/C(=O)OCC(O)C2OC(=O)C(O)=C2O)cc1. The highest BCUT2D eigenvalue weighted by atomic mass is 16.6. The summed E-state index contributed by atoms with van der Waals surface area (Å²) in [7, 11) is 1.54. The number of carbonyl (C=O) groups excluding carboxylic acids is 2. The second kappa shape index (κ2) is 7.51. The summed E-state index contributed by atoms with van der Waals surface area (Å²) in [5.41, 5.74) is 0.739. The van der Waals surface area contributed by atoms with Crippen molar-refractivity contribution in [3.05, 3.63) is 47.4 Å². The number of carbonyl (C=O) groups is 2. The molecule has 0 saturated heterocycles. The van der Waals surface area contributed by atoms with Gasteiger partial charge in [0.05, 0.1) is 7.11 Å². The van der Waals surface area contributed by atoms with Crippen LogP contribution < -0.4 is 4.74 Å². The van der Waals surface area contributed by atoms with Crippen LogP contribution >= 0.6 is 0 Å². The molecule has 1 aromatic carbocycles. The zero-order valence-corrected chi connectivity index (χ0v) is 12.7. The van der Waals surface area contributed by atoms with Gasteiger partial charge in [-0.25, -0.2) is 9.59 Å². The first kappa shape index (κ1) is 17.4. The fraction of sp³-hybridized carbons (Fsp3) is 0.250. The predicted molar refractivity (Wildman–Crippen MR) is 81.2 cm³/mol. The molecule has 0 bridgehead atoms. The molecule has 0 spiro atoms. The minimum atomic E-state index is -1.50. The molecule has 0 aromatic heterocycles. The Morgan fingerprint density at radius 1 is 1.33 bits per heavy atom. The van der Waals surface area contributed by atoms with Crippen molar-refractivity contribution in [2.45, 2.75) is 12.2 Å². The summed E-state index contributed by atoms with van der Waals surface area (Å²) in [5.74, 6) is -2.97. The summed E-state index contributed by atoms with van der Waals surface area (Å²) in [5, 5.41) is 28.3. The van der Waals surface area contributed by atoms with E-state index in [0.717, 1.165) is 11.6 Å². The van der Waals surface area contributed by atoms with Crippen molar-refractivity contribution in [3.8, 4) is 5.75 Å². The van der Waals surface area contributed by atoms with Crippen LogP contribution in [-0.4, -0.2) is 53.2 Å². The van der Waals surface area contributed by atoms with Crippen LogP contribution in [0.4, 0.5) is 0 Å². The van der Waals surface area contributed by atoms with Gasteiger partial charge < -0.3 is 29.5 Å². The fourth-order valence-corrected chi connectivity index (χ4v) is 1.91. The van der Waals surface area contributed by atoms with Crippen LogP contribution in [0.15, 0.2) is 41.9 Å². The Morgan fingerprint density at radius 3 is 2.54 bits per heavy atom. The molecule has 3 N–H and O–H groups in total. The summed E-state index contributed by atoms with van der Waals surface area (Å²) in [6.07, 6.45) is -0.303. The molecule has 8 heteroatoms. The predicted octanol–water partition coefficient (Wildman–Crippen LogP) is 0.865. The smallest absolute Gasteiger partial charge is 0.377 e. The van der Waals surface area contributed by atoms with E-state index in [4.69, 9.17) is 14.6 Å². The maximum absolute atomic E-state index is 11.6. The van der Waals surface area contributed by atoms with Crippen molar-refractivity contribution in [2.24, 2.45) is 0 Å². The van der Waals surface area contributed by atoms with Crippen LogP contribution in [-0.2, 0) is 19.1 Å². The van der Waals surface area contributed by atoms with E-state index < -0.39 is 42.3 Å². The molecule has 128 valence electrons. The van der Waals surface area contributed by atoms with E-state index in [-0.39, 0.29) is 0 Å². The van der Waals surface area contributed by atoms with Crippen molar-refractivity contribution < 1.29 is 39.1 Å². The summed E-state index contributed by atoms with van der Waals surface area (Å²) in [6, 6.07) is 6.93. The Kier molecular flexibility index (Phi) is 5.43. The summed E-state index contributed by atoms with van der Waals surface area (Å²) < 4.78 is 14.4. The minimum Gasteiger partial charge on any atom is -0.505 e. The number of cyclic esters (lactones) is 1. The summed E-state index contributed by atoms with van der Waals surface area (Å²) >= 11 is 0. The number of ether oxygens (including phenoxy) is 3. The minimum absolute atomic E-state index is 0.527. The normalized spacial score (nSPS) is 18.6.